The molecule has 0 saturated heterocycles. The topological polar surface area (TPSA) is 65.2 Å². The molecule has 2 rings (SSSR count). The predicted molar refractivity (Wildman–Crippen MR) is 67.0 cm³/mol. The lowest BCUT2D eigenvalue weighted by molar-refractivity contribution is 0.296. The van der Waals surface area contributed by atoms with E-state index in [1.54, 1.807) is 0 Å². The van der Waals surface area contributed by atoms with Crippen LogP contribution in [0.1, 0.15) is 57.8 Å². The summed E-state index contributed by atoms with van der Waals surface area (Å²) in [6, 6.07) is 0. The average molecular weight is 238 g/mol. The Bertz CT molecular complexity index is 283. The summed E-state index contributed by atoms with van der Waals surface area (Å²) in [6.07, 6.45) is 9.83. The standard InChI is InChI=1S/C13H22N2O2/c16-14-12-7-3-1-5-10(12)9-11-6-2-4-8-13(11)15-17/h10-11,16-17H,1-9H2. The summed E-state index contributed by atoms with van der Waals surface area (Å²) in [4.78, 5) is 0. The fourth-order valence-electron chi connectivity index (χ4n) is 3.25. The van der Waals surface area contributed by atoms with Crippen LogP contribution in [-0.2, 0) is 0 Å². The van der Waals surface area contributed by atoms with Crippen molar-refractivity contribution in [2.75, 3.05) is 0 Å². The highest BCUT2D eigenvalue weighted by Gasteiger charge is 2.28. The fourth-order valence-corrected chi connectivity index (χ4v) is 3.25. The van der Waals surface area contributed by atoms with Gasteiger partial charge in [-0.2, -0.15) is 0 Å². The van der Waals surface area contributed by atoms with E-state index in [4.69, 9.17) is 10.4 Å². The van der Waals surface area contributed by atoms with Crippen LogP contribution in [0.3, 0.4) is 0 Å². The van der Waals surface area contributed by atoms with Crippen molar-refractivity contribution in [3.63, 3.8) is 0 Å². The van der Waals surface area contributed by atoms with Crippen LogP contribution in [0, 0.1) is 11.8 Å². The first-order chi connectivity index (χ1) is 8.35. The number of hydrogen-bond acceptors (Lipinski definition) is 4. The van der Waals surface area contributed by atoms with Crippen LogP contribution in [0.5, 0.6) is 0 Å². The molecule has 0 bridgehead atoms. The maximum absolute atomic E-state index is 9.02. The number of rotatable bonds is 2. The number of nitrogens with zero attached hydrogens (tertiary/aromatic N) is 2. The third-order valence-corrected chi connectivity index (χ3v) is 4.24. The minimum absolute atomic E-state index is 0.397. The van der Waals surface area contributed by atoms with E-state index < -0.39 is 0 Å². The molecular weight excluding hydrogens is 216 g/mol. The molecule has 0 aromatic heterocycles. The molecule has 2 fully saturated rings. The van der Waals surface area contributed by atoms with Crippen molar-refractivity contribution in [1.29, 1.82) is 0 Å². The Kier molecular flexibility index (Phi) is 4.40. The van der Waals surface area contributed by atoms with Crippen LogP contribution in [0.15, 0.2) is 10.3 Å². The molecule has 4 heteroatoms. The van der Waals surface area contributed by atoms with Gasteiger partial charge in [-0.25, -0.2) is 0 Å². The lowest BCUT2D eigenvalue weighted by atomic mass is 9.76. The zero-order chi connectivity index (χ0) is 12.1. The molecule has 17 heavy (non-hydrogen) atoms. The lowest BCUT2D eigenvalue weighted by Crippen LogP contribution is -2.27. The lowest BCUT2D eigenvalue weighted by Gasteiger charge is -2.29. The summed E-state index contributed by atoms with van der Waals surface area (Å²) in [5.74, 6) is 0.794. The van der Waals surface area contributed by atoms with Crippen LogP contribution < -0.4 is 0 Å². The normalized spacial score (nSPS) is 35.3. The molecule has 0 aliphatic heterocycles. The van der Waals surface area contributed by atoms with Gasteiger partial charge in [0.2, 0.25) is 0 Å². The van der Waals surface area contributed by atoms with Crippen molar-refractivity contribution in [2.24, 2.45) is 22.1 Å². The fraction of sp³-hybridized carbons (Fsp3) is 0.846. The highest BCUT2D eigenvalue weighted by Crippen LogP contribution is 2.33. The van der Waals surface area contributed by atoms with E-state index in [0.29, 0.717) is 11.8 Å². The molecule has 2 saturated carbocycles. The second kappa shape index (κ2) is 6.03. The number of oxime groups is 2. The highest BCUT2D eigenvalue weighted by atomic mass is 16.4. The van der Waals surface area contributed by atoms with Gasteiger partial charge in [0, 0.05) is 11.8 Å². The summed E-state index contributed by atoms with van der Waals surface area (Å²) in [7, 11) is 0. The molecule has 0 aromatic carbocycles. The summed E-state index contributed by atoms with van der Waals surface area (Å²) < 4.78 is 0. The van der Waals surface area contributed by atoms with Crippen LogP contribution in [0.25, 0.3) is 0 Å². The van der Waals surface area contributed by atoms with Gasteiger partial charge < -0.3 is 10.4 Å². The Balaban J connectivity index is 1.98. The zero-order valence-corrected chi connectivity index (χ0v) is 10.3. The Morgan fingerprint density at radius 3 is 1.71 bits per heavy atom. The summed E-state index contributed by atoms with van der Waals surface area (Å²) in [6.45, 7) is 0. The second-order valence-corrected chi connectivity index (χ2v) is 5.30. The Hall–Kier alpha value is -1.06. The average Bonchev–Trinajstić information content (AvgIpc) is 2.40. The molecule has 2 N–H and O–H groups in total. The molecule has 0 heterocycles. The first-order valence-corrected chi connectivity index (χ1v) is 6.76. The molecule has 0 aromatic rings. The van der Waals surface area contributed by atoms with Crippen molar-refractivity contribution < 1.29 is 10.4 Å². The molecule has 0 amide bonds. The smallest absolute Gasteiger partial charge is 0.0601 e. The van der Waals surface area contributed by atoms with Gasteiger partial charge in [-0.1, -0.05) is 23.2 Å². The van der Waals surface area contributed by atoms with Crippen LogP contribution in [0.2, 0.25) is 0 Å². The van der Waals surface area contributed by atoms with Crippen molar-refractivity contribution >= 4 is 11.4 Å². The monoisotopic (exact) mass is 238 g/mol. The quantitative estimate of drug-likeness (QED) is 0.572. The molecule has 2 atom stereocenters. The minimum atomic E-state index is 0.397. The first-order valence-electron chi connectivity index (χ1n) is 6.76. The number of hydrogen-bond donors (Lipinski definition) is 2. The van der Waals surface area contributed by atoms with Crippen molar-refractivity contribution in [3.8, 4) is 0 Å². The van der Waals surface area contributed by atoms with E-state index in [2.05, 4.69) is 10.3 Å². The van der Waals surface area contributed by atoms with Gasteiger partial charge in [-0.05, 0) is 44.9 Å². The minimum Gasteiger partial charge on any atom is -0.411 e. The summed E-state index contributed by atoms with van der Waals surface area (Å²) in [5.41, 5.74) is 1.92. The third-order valence-electron chi connectivity index (χ3n) is 4.24. The maximum atomic E-state index is 9.02. The molecule has 96 valence electrons. The van der Waals surface area contributed by atoms with E-state index in [9.17, 15) is 0 Å². The second-order valence-electron chi connectivity index (χ2n) is 5.30. The van der Waals surface area contributed by atoms with Crippen molar-refractivity contribution in [3.05, 3.63) is 0 Å². The van der Waals surface area contributed by atoms with E-state index >= 15 is 0 Å². The van der Waals surface area contributed by atoms with Crippen LogP contribution in [0.4, 0.5) is 0 Å². The van der Waals surface area contributed by atoms with E-state index in [-0.39, 0.29) is 0 Å². The molecule has 2 aliphatic carbocycles. The highest BCUT2D eigenvalue weighted by molar-refractivity contribution is 5.90. The van der Waals surface area contributed by atoms with Gasteiger partial charge in [-0.3, -0.25) is 0 Å². The molecule has 0 radical (unpaired) electrons. The third kappa shape index (κ3) is 2.99. The van der Waals surface area contributed by atoms with Gasteiger partial charge in [0.1, 0.15) is 0 Å². The van der Waals surface area contributed by atoms with E-state index in [1.807, 2.05) is 0 Å². The largest absolute Gasteiger partial charge is 0.411 e. The summed E-state index contributed by atoms with van der Waals surface area (Å²) >= 11 is 0. The first kappa shape index (κ1) is 12.4. The van der Waals surface area contributed by atoms with Gasteiger partial charge in [0.05, 0.1) is 11.4 Å². The van der Waals surface area contributed by atoms with Gasteiger partial charge in [0.25, 0.3) is 0 Å². The maximum Gasteiger partial charge on any atom is 0.0601 e. The molecule has 2 unspecified atom stereocenters. The van der Waals surface area contributed by atoms with Crippen LogP contribution in [-0.4, -0.2) is 21.8 Å². The Morgan fingerprint density at radius 1 is 0.824 bits per heavy atom. The van der Waals surface area contributed by atoms with E-state index in [0.717, 1.165) is 56.4 Å². The van der Waals surface area contributed by atoms with Gasteiger partial charge in [-0.15, -0.1) is 0 Å². The predicted octanol–water partition coefficient (Wildman–Crippen LogP) is 3.42. The van der Waals surface area contributed by atoms with E-state index in [1.165, 1.54) is 12.8 Å². The Labute approximate surface area is 102 Å². The van der Waals surface area contributed by atoms with Crippen molar-refractivity contribution in [1.82, 2.24) is 0 Å². The van der Waals surface area contributed by atoms with Gasteiger partial charge >= 0.3 is 0 Å². The summed E-state index contributed by atoms with van der Waals surface area (Å²) in [5, 5.41) is 25.0. The molecular formula is C13H22N2O2. The molecule has 2 aliphatic rings. The SMILES string of the molecule is ON=C1CCCCC1CC1CCCCC1=NO. The zero-order valence-electron chi connectivity index (χ0n) is 10.3. The van der Waals surface area contributed by atoms with Crippen molar-refractivity contribution in [2.45, 2.75) is 57.8 Å². The molecule has 4 nitrogen and oxygen atoms in total. The molecule has 0 spiro atoms. The Morgan fingerprint density at radius 2 is 1.29 bits per heavy atom. The van der Waals surface area contributed by atoms with Gasteiger partial charge in [0.15, 0.2) is 0 Å². The van der Waals surface area contributed by atoms with Crippen LogP contribution >= 0.6 is 0 Å².